The fraction of sp³-hybridized carbons (Fsp3) is 0.800. The van der Waals surface area contributed by atoms with Gasteiger partial charge in [-0.15, -0.1) is 0 Å². The molecule has 0 bridgehead atoms. The van der Waals surface area contributed by atoms with Crippen LogP contribution in [-0.2, 0) is 10.4 Å². The van der Waals surface area contributed by atoms with Crippen molar-refractivity contribution >= 4 is 16.7 Å². The average Bonchev–Trinajstić information content (AvgIpc) is 2.33. The van der Waals surface area contributed by atoms with Crippen molar-refractivity contribution in [3.05, 3.63) is 0 Å². The molecule has 0 amide bonds. The number of rotatable bonds is 1. The van der Waals surface area contributed by atoms with E-state index in [4.69, 9.17) is 22.9 Å². The van der Waals surface area contributed by atoms with Gasteiger partial charge in [0.15, 0.2) is 0 Å². The first-order valence-corrected chi connectivity index (χ1v) is 4.77. The third-order valence-electron chi connectivity index (χ3n) is 1.32. The standard InChI is InChI=1S/C5H10N2.H2O4S/c6-5-7-3-1-2-4-7;1-5(2,3)4/h5-6H,1-4H2;(H2,1,2,3,4). The summed E-state index contributed by atoms with van der Waals surface area (Å²) in [7, 11) is -4.67. The van der Waals surface area contributed by atoms with Crippen molar-refractivity contribution in [2.45, 2.75) is 12.8 Å². The summed E-state index contributed by atoms with van der Waals surface area (Å²) in [6.45, 7) is 2.20. The van der Waals surface area contributed by atoms with Crippen LogP contribution in [0.1, 0.15) is 12.8 Å². The second kappa shape index (κ2) is 5.07. The summed E-state index contributed by atoms with van der Waals surface area (Å²) in [4.78, 5) is 2.03. The van der Waals surface area contributed by atoms with Gasteiger partial charge in [0.25, 0.3) is 0 Å². The molecule has 0 saturated carbocycles. The molecule has 0 aromatic rings. The van der Waals surface area contributed by atoms with Crippen LogP contribution in [0.25, 0.3) is 0 Å². The molecule has 1 heterocycles. The molecule has 1 saturated heterocycles. The van der Waals surface area contributed by atoms with Gasteiger partial charge in [0.1, 0.15) is 0 Å². The van der Waals surface area contributed by atoms with Crippen molar-refractivity contribution in [1.29, 1.82) is 5.41 Å². The highest BCUT2D eigenvalue weighted by atomic mass is 32.3. The van der Waals surface area contributed by atoms with E-state index in [0.717, 1.165) is 13.1 Å². The lowest BCUT2D eigenvalue weighted by Gasteiger charge is -2.05. The third-order valence-corrected chi connectivity index (χ3v) is 1.32. The molecule has 12 heavy (non-hydrogen) atoms. The van der Waals surface area contributed by atoms with Gasteiger partial charge in [0.05, 0.1) is 6.34 Å². The zero-order valence-electron chi connectivity index (χ0n) is 6.47. The third kappa shape index (κ3) is 9.34. The molecule has 72 valence electrons. The molecule has 0 atom stereocenters. The molecule has 0 aromatic heterocycles. The Morgan fingerprint density at radius 3 is 1.75 bits per heavy atom. The quantitative estimate of drug-likeness (QED) is 0.312. The minimum atomic E-state index is -4.67. The van der Waals surface area contributed by atoms with E-state index in [2.05, 4.69) is 0 Å². The molecule has 0 aromatic carbocycles. The summed E-state index contributed by atoms with van der Waals surface area (Å²) < 4.78 is 31.6. The minimum absolute atomic E-state index is 1.10. The zero-order valence-corrected chi connectivity index (χ0v) is 7.29. The molecule has 3 N–H and O–H groups in total. The summed E-state index contributed by atoms with van der Waals surface area (Å²) in [6, 6.07) is 0. The lowest BCUT2D eigenvalue weighted by molar-refractivity contribution is 0.381. The Balaban J connectivity index is 0.000000217. The number of hydrogen-bond donors (Lipinski definition) is 3. The van der Waals surface area contributed by atoms with E-state index < -0.39 is 10.4 Å². The molecule has 0 unspecified atom stereocenters. The molecule has 1 rings (SSSR count). The maximum absolute atomic E-state index is 8.74. The fourth-order valence-electron chi connectivity index (χ4n) is 0.871. The molecule has 0 spiro atoms. The van der Waals surface area contributed by atoms with E-state index in [9.17, 15) is 0 Å². The molecule has 1 aliphatic heterocycles. The van der Waals surface area contributed by atoms with Crippen molar-refractivity contribution in [3.63, 3.8) is 0 Å². The van der Waals surface area contributed by atoms with E-state index >= 15 is 0 Å². The Morgan fingerprint density at radius 1 is 1.25 bits per heavy atom. The first-order chi connectivity index (χ1) is 5.43. The SMILES string of the molecule is N=CN1CCCC1.O=S(=O)(O)O. The second-order valence-electron chi connectivity index (χ2n) is 2.32. The van der Waals surface area contributed by atoms with Gasteiger partial charge in [-0.3, -0.25) is 14.5 Å². The Kier molecular flexibility index (Phi) is 4.79. The summed E-state index contributed by atoms with van der Waals surface area (Å²) in [6.07, 6.45) is 3.97. The number of nitrogens with one attached hydrogen (secondary N) is 1. The van der Waals surface area contributed by atoms with Gasteiger partial charge in [-0.1, -0.05) is 0 Å². The van der Waals surface area contributed by atoms with Crippen LogP contribution in [0, 0.1) is 5.41 Å². The first kappa shape index (κ1) is 11.3. The van der Waals surface area contributed by atoms with Crippen LogP contribution in [0.3, 0.4) is 0 Å². The van der Waals surface area contributed by atoms with Crippen LogP contribution in [0.15, 0.2) is 0 Å². The van der Waals surface area contributed by atoms with Crippen molar-refractivity contribution in [3.8, 4) is 0 Å². The topological polar surface area (TPSA) is 102 Å². The summed E-state index contributed by atoms with van der Waals surface area (Å²) in [5.41, 5.74) is 0. The molecule has 7 heteroatoms. The Hall–Kier alpha value is -0.660. The highest BCUT2D eigenvalue weighted by Gasteiger charge is 2.04. The zero-order chi connectivity index (χ0) is 9.61. The molecular formula is C5H12N2O4S. The van der Waals surface area contributed by atoms with Gasteiger partial charge in [0.2, 0.25) is 0 Å². The van der Waals surface area contributed by atoms with Crippen LogP contribution in [0.2, 0.25) is 0 Å². The second-order valence-corrected chi connectivity index (χ2v) is 3.22. The van der Waals surface area contributed by atoms with Gasteiger partial charge in [0, 0.05) is 13.1 Å². The smallest absolute Gasteiger partial charge is 0.363 e. The molecule has 6 nitrogen and oxygen atoms in total. The highest BCUT2D eigenvalue weighted by molar-refractivity contribution is 7.79. The number of nitrogens with zero attached hydrogens (tertiary/aromatic N) is 1. The molecule has 0 aliphatic carbocycles. The maximum atomic E-state index is 8.74. The van der Waals surface area contributed by atoms with Crippen LogP contribution < -0.4 is 0 Å². The molecule has 1 aliphatic rings. The fourth-order valence-corrected chi connectivity index (χ4v) is 0.871. The summed E-state index contributed by atoms with van der Waals surface area (Å²) in [5.74, 6) is 0. The monoisotopic (exact) mass is 196 g/mol. The summed E-state index contributed by atoms with van der Waals surface area (Å²) >= 11 is 0. The van der Waals surface area contributed by atoms with Crippen molar-refractivity contribution in [2.24, 2.45) is 0 Å². The van der Waals surface area contributed by atoms with Gasteiger partial charge >= 0.3 is 10.4 Å². The number of likely N-dealkylation sites (tertiary alicyclic amines) is 1. The number of hydrogen-bond acceptors (Lipinski definition) is 3. The molecule has 0 radical (unpaired) electrons. The van der Waals surface area contributed by atoms with Crippen molar-refractivity contribution in [1.82, 2.24) is 4.90 Å². The van der Waals surface area contributed by atoms with Gasteiger partial charge in [-0.25, -0.2) is 0 Å². The average molecular weight is 196 g/mol. The van der Waals surface area contributed by atoms with E-state index in [1.165, 1.54) is 19.2 Å². The Morgan fingerprint density at radius 2 is 1.58 bits per heavy atom. The Labute approximate surface area is 71.3 Å². The lowest BCUT2D eigenvalue weighted by atomic mass is 10.4. The van der Waals surface area contributed by atoms with Gasteiger partial charge in [-0.05, 0) is 12.8 Å². The normalized spacial score (nSPS) is 16.7. The molecular weight excluding hydrogens is 184 g/mol. The van der Waals surface area contributed by atoms with Crippen molar-refractivity contribution in [2.75, 3.05) is 13.1 Å². The van der Waals surface area contributed by atoms with E-state index in [1.807, 2.05) is 4.90 Å². The Bertz CT molecular complexity index is 212. The predicted octanol–water partition coefficient (Wildman–Crippen LogP) is 0.0365. The van der Waals surface area contributed by atoms with Crippen LogP contribution in [0.5, 0.6) is 0 Å². The first-order valence-electron chi connectivity index (χ1n) is 3.38. The van der Waals surface area contributed by atoms with Crippen LogP contribution in [-0.4, -0.2) is 41.9 Å². The van der Waals surface area contributed by atoms with E-state index in [0.29, 0.717) is 0 Å². The summed E-state index contributed by atoms with van der Waals surface area (Å²) in [5, 5.41) is 6.80. The van der Waals surface area contributed by atoms with Crippen LogP contribution in [0.4, 0.5) is 0 Å². The van der Waals surface area contributed by atoms with E-state index in [-0.39, 0.29) is 0 Å². The van der Waals surface area contributed by atoms with Gasteiger partial charge in [-0.2, -0.15) is 8.42 Å². The van der Waals surface area contributed by atoms with Crippen LogP contribution >= 0.6 is 0 Å². The minimum Gasteiger partial charge on any atom is -0.363 e. The van der Waals surface area contributed by atoms with Gasteiger partial charge < -0.3 is 4.90 Å². The largest absolute Gasteiger partial charge is 0.394 e. The highest BCUT2D eigenvalue weighted by Crippen LogP contribution is 2.02. The van der Waals surface area contributed by atoms with E-state index in [1.54, 1.807) is 0 Å². The predicted molar refractivity (Wildman–Crippen MR) is 43.8 cm³/mol. The lowest BCUT2D eigenvalue weighted by Crippen LogP contribution is -2.15. The van der Waals surface area contributed by atoms with Crippen molar-refractivity contribution < 1.29 is 17.5 Å². The maximum Gasteiger partial charge on any atom is 0.394 e. The molecule has 1 fully saturated rings.